The molecule has 19 heavy (non-hydrogen) atoms. The Hall–Kier alpha value is -1.37. The number of hydrogen-bond acceptors (Lipinski definition) is 1. The molecular formula is C18H19O. The summed E-state index contributed by atoms with van der Waals surface area (Å²) in [5.74, 6) is 6.42. The van der Waals surface area contributed by atoms with Crippen molar-refractivity contribution in [3.8, 4) is 0 Å². The van der Waals surface area contributed by atoms with Crippen molar-refractivity contribution in [3.05, 3.63) is 77.6 Å². The van der Waals surface area contributed by atoms with E-state index in [0.29, 0.717) is 0 Å². The van der Waals surface area contributed by atoms with Gasteiger partial charge in [0.2, 0.25) is 0 Å². The van der Waals surface area contributed by atoms with Gasteiger partial charge in [0.1, 0.15) is 0 Å². The van der Waals surface area contributed by atoms with Crippen LogP contribution in [-0.2, 0) is 0 Å². The summed E-state index contributed by atoms with van der Waals surface area (Å²) in [6.45, 7) is 8.49. The molecule has 97 valence electrons. The van der Waals surface area contributed by atoms with Crippen LogP contribution in [0.15, 0.2) is 42.5 Å². The smallest absolute Gasteiger partial charge is 0.185 e. The average molecular weight is 251 g/mol. The number of carbonyl (C=O) groups excluding carboxylic acids is 1. The first kappa shape index (κ1) is 14.0. The fraction of sp³-hybridized carbons (Fsp3) is 0.222. The van der Waals surface area contributed by atoms with Gasteiger partial charge in [0.15, 0.2) is 5.78 Å². The summed E-state index contributed by atoms with van der Waals surface area (Å²) >= 11 is 0. The van der Waals surface area contributed by atoms with Crippen LogP contribution in [0.5, 0.6) is 0 Å². The topological polar surface area (TPSA) is 17.1 Å². The zero-order valence-electron chi connectivity index (χ0n) is 11.9. The molecule has 1 saturated carbocycles. The molecule has 1 nitrogen and oxygen atoms in total. The quantitative estimate of drug-likeness (QED) is 0.575. The maximum absolute atomic E-state index is 12.0. The second kappa shape index (κ2) is 5.73. The second-order valence-electron chi connectivity index (χ2n) is 4.98. The standard InChI is InChI=1S/C18H19O/c1-12-13(2)15(4)17(14(12)3)10-11-18(19)16-8-6-5-7-9-16/h5-11H,1-4H3/b11-10+. The molecule has 0 amide bonds. The lowest BCUT2D eigenvalue weighted by molar-refractivity contribution is 0.104. The lowest BCUT2D eigenvalue weighted by atomic mass is 9.88. The Morgan fingerprint density at radius 1 is 0.842 bits per heavy atom. The molecule has 0 unspecified atom stereocenters. The number of hydrogen-bond donors (Lipinski definition) is 0. The molecule has 1 aliphatic carbocycles. The highest BCUT2D eigenvalue weighted by Gasteiger charge is 2.42. The first-order chi connectivity index (χ1) is 9.02. The van der Waals surface area contributed by atoms with Gasteiger partial charge in [-0.1, -0.05) is 64.1 Å². The molecule has 1 aromatic carbocycles. The van der Waals surface area contributed by atoms with E-state index in [1.54, 1.807) is 6.08 Å². The van der Waals surface area contributed by atoms with E-state index in [9.17, 15) is 4.79 Å². The molecule has 0 aliphatic heterocycles. The molecule has 0 heterocycles. The highest BCUT2D eigenvalue weighted by molar-refractivity contribution is 6.04. The Morgan fingerprint density at radius 2 is 1.37 bits per heavy atom. The summed E-state index contributed by atoms with van der Waals surface area (Å²) < 4.78 is 0. The zero-order valence-corrected chi connectivity index (χ0v) is 11.9. The summed E-state index contributed by atoms with van der Waals surface area (Å²) in [4.78, 5) is 12.0. The summed E-state index contributed by atoms with van der Waals surface area (Å²) in [6, 6.07) is 9.36. The lowest BCUT2D eigenvalue weighted by Crippen LogP contribution is -2.05. The van der Waals surface area contributed by atoms with E-state index >= 15 is 0 Å². The van der Waals surface area contributed by atoms with Gasteiger partial charge in [-0.3, -0.25) is 4.79 Å². The number of carbonyl (C=O) groups is 1. The summed E-state index contributed by atoms with van der Waals surface area (Å²) in [5, 5.41) is 0. The van der Waals surface area contributed by atoms with Crippen LogP contribution in [0, 0.1) is 29.6 Å². The number of benzene rings is 1. The van der Waals surface area contributed by atoms with E-state index in [1.165, 1.54) is 29.6 Å². The van der Waals surface area contributed by atoms with Gasteiger partial charge in [0.25, 0.3) is 0 Å². The third-order valence-electron chi connectivity index (χ3n) is 3.96. The third kappa shape index (κ3) is 2.80. The maximum Gasteiger partial charge on any atom is 0.185 e. The molecule has 0 aromatic heterocycles. The number of rotatable bonds is 3. The fourth-order valence-electron chi connectivity index (χ4n) is 2.36. The van der Waals surface area contributed by atoms with Gasteiger partial charge in [0.05, 0.1) is 0 Å². The Labute approximate surface area is 116 Å². The van der Waals surface area contributed by atoms with Crippen molar-refractivity contribution in [1.82, 2.24) is 0 Å². The molecule has 0 bridgehead atoms. The first-order valence-electron chi connectivity index (χ1n) is 6.53. The zero-order chi connectivity index (χ0) is 14.0. The minimum atomic E-state index is 0.0518. The predicted molar refractivity (Wildman–Crippen MR) is 78.8 cm³/mol. The fourth-order valence-corrected chi connectivity index (χ4v) is 2.36. The highest BCUT2D eigenvalue weighted by atomic mass is 16.1. The third-order valence-corrected chi connectivity index (χ3v) is 3.96. The van der Waals surface area contributed by atoms with Gasteiger partial charge in [-0.25, -0.2) is 0 Å². The Morgan fingerprint density at radius 3 is 1.89 bits per heavy atom. The Bertz CT molecular complexity index is 446. The van der Waals surface area contributed by atoms with Crippen LogP contribution in [-0.4, -0.2) is 5.78 Å². The SMILES string of the molecule is C[C]1[C](C)[C](C)[C](/C=C/C(=O)c2ccccc2)[C]1C. The van der Waals surface area contributed by atoms with Crippen molar-refractivity contribution in [2.45, 2.75) is 27.7 Å². The molecule has 0 atom stereocenters. The number of ketones is 1. The molecule has 0 saturated heterocycles. The molecule has 1 fully saturated rings. The summed E-state index contributed by atoms with van der Waals surface area (Å²) in [5.41, 5.74) is 0.731. The Kier molecular flexibility index (Phi) is 4.24. The average Bonchev–Trinajstić information content (AvgIpc) is 2.62. The van der Waals surface area contributed by atoms with Crippen molar-refractivity contribution in [2.75, 3.05) is 0 Å². The molecule has 0 spiro atoms. The van der Waals surface area contributed by atoms with Crippen molar-refractivity contribution in [3.63, 3.8) is 0 Å². The van der Waals surface area contributed by atoms with Crippen LogP contribution in [0.3, 0.4) is 0 Å². The van der Waals surface area contributed by atoms with Crippen LogP contribution in [0.4, 0.5) is 0 Å². The van der Waals surface area contributed by atoms with Crippen molar-refractivity contribution >= 4 is 5.78 Å². The molecular weight excluding hydrogens is 232 g/mol. The van der Waals surface area contributed by atoms with E-state index in [1.807, 2.05) is 36.4 Å². The minimum absolute atomic E-state index is 0.0518. The van der Waals surface area contributed by atoms with Gasteiger partial charge < -0.3 is 0 Å². The molecule has 1 aliphatic rings. The summed E-state index contributed by atoms with van der Waals surface area (Å²) in [7, 11) is 0. The van der Waals surface area contributed by atoms with Crippen LogP contribution in [0.2, 0.25) is 0 Å². The van der Waals surface area contributed by atoms with E-state index in [-0.39, 0.29) is 5.78 Å². The van der Waals surface area contributed by atoms with Gasteiger partial charge in [0, 0.05) is 11.5 Å². The van der Waals surface area contributed by atoms with Crippen LogP contribution in [0.25, 0.3) is 0 Å². The maximum atomic E-state index is 12.0. The summed E-state index contributed by atoms with van der Waals surface area (Å²) in [6.07, 6.45) is 3.61. The monoisotopic (exact) mass is 251 g/mol. The molecule has 5 radical (unpaired) electrons. The van der Waals surface area contributed by atoms with Gasteiger partial charge in [-0.05, 0) is 29.7 Å². The van der Waals surface area contributed by atoms with Gasteiger partial charge >= 0.3 is 0 Å². The first-order valence-corrected chi connectivity index (χ1v) is 6.53. The predicted octanol–water partition coefficient (Wildman–Crippen LogP) is 4.39. The van der Waals surface area contributed by atoms with Crippen molar-refractivity contribution in [2.24, 2.45) is 0 Å². The Balaban J connectivity index is 2.09. The molecule has 1 aromatic rings. The van der Waals surface area contributed by atoms with Gasteiger partial charge in [-0.2, -0.15) is 0 Å². The minimum Gasteiger partial charge on any atom is -0.289 e. The normalized spacial score (nSPS) is 20.6. The number of allylic oxidation sites excluding steroid dienone is 2. The molecule has 1 heteroatoms. The van der Waals surface area contributed by atoms with E-state index in [0.717, 1.165) is 5.56 Å². The van der Waals surface area contributed by atoms with Crippen LogP contribution >= 0.6 is 0 Å². The second-order valence-corrected chi connectivity index (χ2v) is 4.98. The lowest BCUT2D eigenvalue weighted by Gasteiger charge is -2.14. The van der Waals surface area contributed by atoms with E-state index in [2.05, 4.69) is 27.7 Å². The van der Waals surface area contributed by atoms with Crippen LogP contribution in [0.1, 0.15) is 38.1 Å². The van der Waals surface area contributed by atoms with Crippen molar-refractivity contribution in [1.29, 1.82) is 0 Å². The van der Waals surface area contributed by atoms with E-state index in [4.69, 9.17) is 0 Å². The molecule has 2 rings (SSSR count). The van der Waals surface area contributed by atoms with Crippen LogP contribution < -0.4 is 0 Å². The largest absolute Gasteiger partial charge is 0.289 e. The van der Waals surface area contributed by atoms with Crippen molar-refractivity contribution < 1.29 is 4.79 Å². The highest BCUT2D eigenvalue weighted by Crippen LogP contribution is 2.52. The van der Waals surface area contributed by atoms with E-state index < -0.39 is 0 Å². The van der Waals surface area contributed by atoms with Gasteiger partial charge in [-0.15, -0.1) is 0 Å². The molecule has 0 N–H and O–H groups in total.